The molecule has 2 aromatic carbocycles. The second-order valence-electron chi connectivity index (χ2n) is 4.36. The zero-order chi connectivity index (χ0) is 15.6. The van der Waals surface area contributed by atoms with Crippen LogP contribution in [0.25, 0.3) is 0 Å². The highest BCUT2D eigenvalue weighted by Crippen LogP contribution is 2.26. The predicted molar refractivity (Wildman–Crippen MR) is 79.9 cm³/mol. The Balaban J connectivity index is 2.35. The molecule has 0 amide bonds. The van der Waals surface area contributed by atoms with Gasteiger partial charge in [-0.15, -0.1) is 0 Å². The summed E-state index contributed by atoms with van der Waals surface area (Å²) in [6.07, 6.45) is 0. The molecule has 2 aromatic rings. The first-order valence-electron chi connectivity index (χ1n) is 5.81. The van der Waals surface area contributed by atoms with Gasteiger partial charge in [0, 0.05) is 17.8 Å². The quantitative estimate of drug-likeness (QED) is 0.528. The van der Waals surface area contributed by atoms with E-state index in [0.29, 0.717) is 11.3 Å². The Hall–Kier alpha value is -2.12. The minimum absolute atomic E-state index is 0.0386. The van der Waals surface area contributed by atoms with Gasteiger partial charge in [0.25, 0.3) is 5.69 Å². The molecule has 0 saturated carbocycles. The lowest BCUT2D eigenvalue weighted by Crippen LogP contribution is -2.06. The molecule has 0 saturated heterocycles. The first-order chi connectivity index (χ1) is 9.79. The van der Waals surface area contributed by atoms with Crippen LogP contribution in [0.3, 0.4) is 0 Å². The van der Waals surface area contributed by atoms with Gasteiger partial charge in [0.2, 0.25) is 0 Å². The van der Waals surface area contributed by atoms with Gasteiger partial charge in [0.05, 0.1) is 20.6 Å². The van der Waals surface area contributed by atoms with E-state index in [0.717, 1.165) is 6.07 Å². The number of anilines is 1. The fourth-order valence-electron chi connectivity index (χ4n) is 1.76. The van der Waals surface area contributed by atoms with Gasteiger partial charge in [0.15, 0.2) is 9.84 Å². The maximum absolute atomic E-state index is 12.3. The molecule has 0 aliphatic heterocycles. The third kappa shape index (κ3) is 3.50. The van der Waals surface area contributed by atoms with Crippen LogP contribution in [0.5, 0.6) is 0 Å². The average Bonchev–Trinajstić information content (AvgIpc) is 2.40. The summed E-state index contributed by atoms with van der Waals surface area (Å²) in [6.45, 7) is 0. The van der Waals surface area contributed by atoms with Crippen molar-refractivity contribution in [2.24, 2.45) is 0 Å². The molecule has 0 heterocycles. The predicted octanol–water partition coefficient (Wildman–Crippen LogP) is 2.80. The number of sulfone groups is 1. The molecule has 0 atom stereocenters. The number of nitrogens with zero attached hydrogens (tertiary/aromatic N) is 1. The molecule has 21 heavy (non-hydrogen) atoms. The van der Waals surface area contributed by atoms with Gasteiger partial charge >= 0.3 is 0 Å². The zero-order valence-electron chi connectivity index (χ0n) is 10.7. The van der Waals surface area contributed by atoms with Crippen LogP contribution in [-0.2, 0) is 15.6 Å². The fraction of sp³-hybridized carbons (Fsp3) is 0.0769. The number of nitrogens with two attached hydrogens (primary N) is 1. The molecule has 6 nitrogen and oxygen atoms in total. The van der Waals surface area contributed by atoms with E-state index in [1.807, 2.05) is 0 Å². The van der Waals surface area contributed by atoms with Crippen LogP contribution in [-0.4, -0.2) is 13.3 Å². The molecule has 0 unspecified atom stereocenters. The molecule has 0 bridgehead atoms. The molecular formula is C13H11ClN2O4S. The maximum atomic E-state index is 12.3. The lowest BCUT2D eigenvalue weighted by atomic mass is 10.2. The fourth-order valence-corrected chi connectivity index (χ4v) is 3.51. The Labute approximate surface area is 126 Å². The summed E-state index contributed by atoms with van der Waals surface area (Å²) in [5.41, 5.74) is 6.01. The summed E-state index contributed by atoms with van der Waals surface area (Å²) in [5, 5.41) is 10.7. The summed E-state index contributed by atoms with van der Waals surface area (Å²) in [6, 6.07) is 9.60. The summed E-state index contributed by atoms with van der Waals surface area (Å²) in [5.74, 6) is -0.354. The van der Waals surface area contributed by atoms with E-state index >= 15 is 0 Å². The SMILES string of the molecule is Nc1cccc(S(=O)(=O)Cc2ccc([N+](=O)[O-])cc2Cl)c1. The zero-order valence-corrected chi connectivity index (χ0v) is 12.3. The monoisotopic (exact) mass is 326 g/mol. The molecule has 0 aliphatic rings. The Morgan fingerprint density at radius 1 is 1.19 bits per heavy atom. The molecule has 0 spiro atoms. The minimum atomic E-state index is -3.63. The first-order valence-corrected chi connectivity index (χ1v) is 7.84. The number of nitrogen functional groups attached to an aromatic ring is 1. The van der Waals surface area contributed by atoms with Crippen LogP contribution in [0.2, 0.25) is 5.02 Å². The van der Waals surface area contributed by atoms with Crippen LogP contribution in [0.4, 0.5) is 11.4 Å². The van der Waals surface area contributed by atoms with Gasteiger partial charge in [-0.3, -0.25) is 10.1 Å². The number of rotatable bonds is 4. The van der Waals surface area contributed by atoms with Crippen molar-refractivity contribution in [3.63, 3.8) is 0 Å². The second-order valence-corrected chi connectivity index (χ2v) is 6.76. The number of nitro groups is 1. The highest BCUT2D eigenvalue weighted by Gasteiger charge is 2.19. The van der Waals surface area contributed by atoms with Crippen LogP contribution in [0.15, 0.2) is 47.4 Å². The lowest BCUT2D eigenvalue weighted by Gasteiger charge is -2.07. The van der Waals surface area contributed by atoms with Crippen molar-refractivity contribution in [1.82, 2.24) is 0 Å². The molecular weight excluding hydrogens is 316 g/mol. The molecule has 0 fully saturated rings. The molecule has 2 N–H and O–H groups in total. The maximum Gasteiger partial charge on any atom is 0.270 e. The van der Waals surface area contributed by atoms with Crippen molar-refractivity contribution in [1.29, 1.82) is 0 Å². The van der Waals surface area contributed by atoms with Crippen LogP contribution in [0, 0.1) is 10.1 Å². The summed E-state index contributed by atoms with van der Waals surface area (Å²) >= 11 is 5.90. The highest BCUT2D eigenvalue weighted by molar-refractivity contribution is 7.90. The topological polar surface area (TPSA) is 103 Å². The number of nitro benzene ring substituents is 1. The first kappa shape index (κ1) is 15.3. The third-order valence-corrected chi connectivity index (χ3v) is 4.83. The van der Waals surface area contributed by atoms with E-state index in [4.69, 9.17) is 17.3 Å². The van der Waals surface area contributed by atoms with Crippen LogP contribution >= 0.6 is 11.6 Å². The third-order valence-electron chi connectivity index (χ3n) is 2.81. The van der Waals surface area contributed by atoms with Gasteiger partial charge < -0.3 is 5.73 Å². The normalized spacial score (nSPS) is 11.3. The Kier molecular flexibility index (Phi) is 4.15. The summed E-state index contributed by atoms with van der Waals surface area (Å²) < 4.78 is 24.6. The average molecular weight is 327 g/mol. The van der Waals surface area contributed by atoms with Gasteiger partial charge in [-0.05, 0) is 29.8 Å². The van der Waals surface area contributed by atoms with Crippen molar-refractivity contribution in [3.8, 4) is 0 Å². The Morgan fingerprint density at radius 2 is 1.90 bits per heavy atom. The Morgan fingerprint density at radius 3 is 2.48 bits per heavy atom. The largest absolute Gasteiger partial charge is 0.399 e. The van der Waals surface area contributed by atoms with E-state index < -0.39 is 14.8 Å². The van der Waals surface area contributed by atoms with Gasteiger partial charge in [-0.1, -0.05) is 17.7 Å². The smallest absolute Gasteiger partial charge is 0.270 e. The minimum Gasteiger partial charge on any atom is -0.399 e. The number of benzene rings is 2. The van der Waals surface area contributed by atoms with Gasteiger partial charge in [-0.25, -0.2) is 8.42 Å². The number of non-ortho nitro benzene ring substituents is 1. The van der Waals surface area contributed by atoms with Crippen molar-refractivity contribution < 1.29 is 13.3 Å². The van der Waals surface area contributed by atoms with E-state index in [-0.39, 0.29) is 21.4 Å². The second kappa shape index (κ2) is 5.71. The molecule has 0 radical (unpaired) electrons. The van der Waals surface area contributed by atoms with Crippen molar-refractivity contribution in [2.75, 3.05) is 5.73 Å². The van der Waals surface area contributed by atoms with Crippen molar-refractivity contribution in [3.05, 3.63) is 63.2 Å². The number of hydrogen-bond acceptors (Lipinski definition) is 5. The summed E-state index contributed by atoms with van der Waals surface area (Å²) in [7, 11) is -3.63. The van der Waals surface area contributed by atoms with Crippen LogP contribution in [0.1, 0.15) is 5.56 Å². The summed E-state index contributed by atoms with van der Waals surface area (Å²) in [4.78, 5) is 10.1. The number of hydrogen-bond donors (Lipinski definition) is 1. The molecule has 0 aliphatic carbocycles. The lowest BCUT2D eigenvalue weighted by molar-refractivity contribution is -0.384. The van der Waals surface area contributed by atoms with Crippen LogP contribution < -0.4 is 5.73 Å². The van der Waals surface area contributed by atoms with E-state index in [1.165, 1.54) is 24.3 Å². The Bertz CT molecular complexity index is 806. The molecule has 8 heteroatoms. The molecule has 110 valence electrons. The highest BCUT2D eigenvalue weighted by atomic mass is 35.5. The van der Waals surface area contributed by atoms with Crippen molar-refractivity contribution in [2.45, 2.75) is 10.6 Å². The number of halogens is 1. The molecule has 0 aromatic heterocycles. The van der Waals surface area contributed by atoms with E-state index in [1.54, 1.807) is 12.1 Å². The van der Waals surface area contributed by atoms with E-state index in [2.05, 4.69) is 0 Å². The van der Waals surface area contributed by atoms with Gasteiger partial charge in [-0.2, -0.15) is 0 Å². The molecule has 2 rings (SSSR count). The standard InChI is InChI=1S/C13H11ClN2O4S/c14-13-7-11(16(17)18)5-4-9(13)8-21(19,20)12-3-1-2-10(15)6-12/h1-7H,8,15H2. The van der Waals surface area contributed by atoms with Gasteiger partial charge in [0.1, 0.15) is 0 Å². The van der Waals surface area contributed by atoms with Crippen molar-refractivity contribution >= 4 is 32.8 Å². The van der Waals surface area contributed by atoms with E-state index in [9.17, 15) is 18.5 Å².